The van der Waals surface area contributed by atoms with Crippen LogP contribution in [-0.4, -0.2) is 6.88 Å². The summed E-state index contributed by atoms with van der Waals surface area (Å²) in [7, 11) is 0. The average molecular weight is 731 g/mol. The van der Waals surface area contributed by atoms with Gasteiger partial charge < -0.3 is 14.9 Å². The van der Waals surface area contributed by atoms with Gasteiger partial charge >= 0.3 is 30.2 Å². The summed E-state index contributed by atoms with van der Waals surface area (Å²) >= 11 is 1.36. The van der Waals surface area contributed by atoms with E-state index in [1.54, 1.807) is 0 Å². The standard InChI is InChI=1S/C20H21.C19H19.2CH3.2ClH.Si.Zr/c1-13(2)18-11-16-6-5-7-19(20(16)12-18)17-9-8-14(3)15(4)10-17;1-12-9-18-14(3)6-8-17(19(18)10-12)16-7-5-13(2)15(4)11-16;;;;;;/h5-13H,1-4H3;5-11H,1-4H3;2*1H3;2*1H;;/q4*-1;;;;. The van der Waals surface area contributed by atoms with Crippen LogP contribution in [0.4, 0.5) is 0 Å². The molecular formula is C41H48Cl2SiZr-4. The van der Waals surface area contributed by atoms with Crippen molar-refractivity contribution in [2.75, 3.05) is 0 Å². The Morgan fingerprint density at radius 1 is 0.556 bits per heavy atom. The summed E-state index contributed by atoms with van der Waals surface area (Å²) in [6.45, 7) is 20.6. The first-order valence-corrected chi connectivity index (χ1v) is 18.6. The molecule has 0 fully saturated rings. The predicted molar refractivity (Wildman–Crippen MR) is 206 cm³/mol. The maximum absolute atomic E-state index is 3.06. The molecule has 45 heavy (non-hydrogen) atoms. The quantitative estimate of drug-likeness (QED) is 0.126. The summed E-state index contributed by atoms with van der Waals surface area (Å²) in [5.41, 5.74) is 14.9. The van der Waals surface area contributed by atoms with E-state index in [1.807, 2.05) is 0 Å². The van der Waals surface area contributed by atoms with Gasteiger partial charge in [-0.3, -0.25) is 0 Å². The molecule has 0 amide bonds. The van der Waals surface area contributed by atoms with Gasteiger partial charge in [-0.25, -0.2) is 0 Å². The van der Waals surface area contributed by atoms with Crippen LogP contribution in [0.3, 0.4) is 0 Å². The molecule has 0 atom stereocenters. The third-order valence-corrected chi connectivity index (χ3v) is 8.32. The van der Waals surface area contributed by atoms with Crippen LogP contribution in [0.25, 0.3) is 43.8 Å². The van der Waals surface area contributed by atoms with E-state index in [-0.39, 0.29) is 39.7 Å². The Morgan fingerprint density at radius 3 is 1.58 bits per heavy atom. The van der Waals surface area contributed by atoms with Gasteiger partial charge in [0, 0.05) is 0 Å². The number of aryl methyl sites for hydroxylation is 6. The van der Waals surface area contributed by atoms with E-state index in [2.05, 4.69) is 153 Å². The summed E-state index contributed by atoms with van der Waals surface area (Å²) < 4.78 is 0. The molecule has 6 aromatic carbocycles. The first kappa shape index (κ1) is 42.8. The Labute approximate surface area is 302 Å². The van der Waals surface area contributed by atoms with Crippen LogP contribution >= 0.6 is 24.8 Å². The molecule has 238 valence electrons. The summed E-state index contributed by atoms with van der Waals surface area (Å²) in [6.07, 6.45) is 0. The monoisotopic (exact) mass is 728 g/mol. The van der Waals surface area contributed by atoms with Crippen LogP contribution in [0, 0.1) is 56.4 Å². The molecule has 0 spiro atoms. The Bertz CT molecular complexity index is 1820. The molecule has 0 bridgehead atoms. The van der Waals surface area contributed by atoms with Crippen LogP contribution in [-0.2, 0) is 23.3 Å². The van der Waals surface area contributed by atoms with E-state index in [9.17, 15) is 0 Å². The van der Waals surface area contributed by atoms with Crippen molar-refractivity contribution >= 4 is 53.2 Å². The topological polar surface area (TPSA) is 0 Å². The zero-order valence-electron chi connectivity index (χ0n) is 28.6. The van der Waals surface area contributed by atoms with Crippen molar-refractivity contribution in [3.05, 3.63) is 145 Å². The van der Waals surface area contributed by atoms with Gasteiger partial charge in [-0.2, -0.15) is 12.1 Å². The van der Waals surface area contributed by atoms with Crippen molar-refractivity contribution in [2.24, 2.45) is 0 Å². The number of benzene rings is 4. The first-order chi connectivity index (χ1) is 19.6. The molecule has 0 N–H and O–H groups in total. The molecular weight excluding hydrogens is 683 g/mol. The van der Waals surface area contributed by atoms with Gasteiger partial charge in [0.2, 0.25) is 0 Å². The summed E-state index contributed by atoms with van der Waals surface area (Å²) in [4.78, 5) is 0. The SMILES string of the molecule is Cc1cc2c(-c3ccc(C)c(C)c3)ccc(C)c2[cH-]1.Cc1ccc(-c2cccc3[cH-]c(C(C)C)cc23)cc1C.Cl.Cl.[CH3-].[CH3-].[Si]=[Zr]. The normalized spacial score (nSPS) is 9.87. The molecule has 0 unspecified atom stereocenters. The first-order valence-electron chi connectivity index (χ1n) is 14.4. The number of hydrogen-bond acceptors (Lipinski definition) is 0. The molecule has 0 saturated heterocycles. The van der Waals surface area contributed by atoms with Crippen molar-refractivity contribution < 1.29 is 23.3 Å². The third kappa shape index (κ3) is 9.65. The molecule has 0 aliphatic heterocycles. The second kappa shape index (κ2) is 18.8. The molecule has 6 aromatic rings. The van der Waals surface area contributed by atoms with Crippen molar-refractivity contribution in [2.45, 2.75) is 61.3 Å². The molecule has 0 heterocycles. The fraction of sp³-hybridized carbons (Fsp3) is 0.220. The van der Waals surface area contributed by atoms with E-state index < -0.39 is 0 Å². The van der Waals surface area contributed by atoms with E-state index in [1.165, 1.54) is 106 Å². The molecule has 0 nitrogen and oxygen atoms in total. The van der Waals surface area contributed by atoms with E-state index in [0.717, 1.165) is 0 Å². The molecule has 6 rings (SSSR count). The summed E-state index contributed by atoms with van der Waals surface area (Å²) in [5.74, 6) is 0.579. The average Bonchev–Trinajstić information content (AvgIpc) is 3.58. The Morgan fingerprint density at radius 2 is 1.07 bits per heavy atom. The molecule has 2 radical (unpaired) electrons. The van der Waals surface area contributed by atoms with Crippen LogP contribution in [0.2, 0.25) is 0 Å². The fourth-order valence-corrected chi connectivity index (χ4v) is 5.50. The van der Waals surface area contributed by atoms with Crippen LogP contribution in [0.5, 0.6) is 0 Å². The Kier molecular flexibility index (Phi) is 17.9. The zero-order chi connectivity index (χ0) is 29.8. The van der Waals surface area contributed by atoms with Crippen LogP contribution in [0.1, 0.15) is 58.7 Å². The number of hydrogen-bond donors (Lipinski definition) is 0. The van der Waals surface area contributed by atoms with Gasteiger partial charge in [-0.05, 0) is 67.0 Å². The second-order valence-corrected chi connectivity index (χ2v) is 11.6. The van der Waals surface area contributed by atoms with Crippen molar-refractivity contribution in [3.63, 3.8) is 0 Å². The molecule has 0 aliphatic rings. The van der Waals surface area contributed by atoms with Gasteiger partial charge in [0.15, 0.2) is 0 Å². The van der Waals surface area contributed by atoms with Crippen LogP contribution in [0.15, 0.2) is 91.0 Å². The fourth-order valence-electron chi connectivity index (χ4n) is 5.50. The third-order valence-electron chi connectivity index (χ3n) is 8.32. The van der Waals surface area contributed by atoms with E-state index in [4.69, 9.17) is 0 Å². The van der Waals surface area contributed by atoms with E-state index in [0.29, 0.717) is 5.92 Å². The van der Waals surface area contributed by atoms with Gasteiger partial charge in [0.05, 0.1) is 0 Å². The molecule has 0 aromatic heterocycles. The van der Waals surface area contributed by atoms with Crippen molar-refractivity contribution in [1.82, 2.24) is 0 Å². The Balaban J connectivity index is 0.000000753. The summed E-state index contributed by atoms with van der Waals surface area (Å²) in [5, 5.41) is 5.48. The van der Waals surface area contributed by atoms with Crippen LogP contribution < -0.4 is 0 Å². The summed E-state index contributed by atoms with van der Waals surface area (Å²) in [6, 6.07) is 33.8. The second-order valence-electron chi connectivity index (χ2n) is 11.6. The molecule has 0 saturated carbocycles. The van der Waals surface area contributed by atoms with Gasteiger partial charge in [0.1, 0.15) is 0 Å². The van der Waals surface area contributed by atoms with Crippen molar-refractivity contribution in [3.8, 4) is 22.3 Å². The number of halogens is 2. The van der Waals surface area contributed by atoms with Crippen molar-refractivity contribution in [1.29, 1.82) is 0 Å². The predicted octanol–water partition coefficient (Wildman–Crippen LogP) is 12.8. The molecule has 4 heteroatoms. The van der Waals surface area contributed by atoms with Gasteiger partial charge in [-0.15, -0.1) is 93.4 Å². The number of fused-ring (bicyclic) bond motifs is 2. The minimum absolute atomic E-state index is 0. The number of rotatable bonds is 3. The molecule has 0 aliphatic carbocycles. The zero-order valence-corrected chi connectivity index (χ0v) is 33.6. The Hall–Kier alpha value is -2.22. The minimum atomic E-state index is 0. The van der Waals surface area contributed by atoms with E-state index >= 15 is 0 Å². The maximum atomic E-state index is 3.06. The van der Waals surface area contributed by atoms with Gasteiger partial charge in [-0.1, -0.05) is 87.4 Å². The van der Waals surface area contributed by atoms with Gasteiger partial charge in [0.25, 0.3) is 0 Å².